The maximum atomic E-state index is 11.1. The van der Waals surface area contributed by atoms with Crippen molar-refractivity contribution in [3.05, 3.63) is 16.4 Å². The Bertz CT molecular complexity index is 471. The summed E-state index contributed by atoms with van der Waals surface area (Å²) in [6.45, 7) is 0.894. The quantitative estimate of drug-likeness (QED) is 0.816. The Morgan fingerprint density at radius 2 is 2.29 bits per heavy atom. The van der Waals surface area contributed by atoms with Gasteiger partial charge in [-0.05, 0) is 15.9 Å². The molecular formula is C9H15BrN2O4S. The van der Waals surface area contributed by atoms with Gasteiger partial charge in [-0.2, -0.15) is 5.10 Å². The molecule has 1 unspecified atom stereocenters. The van der Waals surface area contributed by atoms with Gasteiger partial charge in [0.15, 0.2) is 0 Å². The van der Waals surface area contributed by atoms with Crippen molar-refractivity contribution >= 4 is 25.8 Å². The van der Waals surface area contributed by atoms with E-state index < -0.39 is 15.9 Å². The summed E-state index contributed by atoms with van der Waals surface area (Å²) < 4.78 is 29.3. The molecule has 0 aromatic carbocycles. The molecule has 0 amide bonds. The van der Waals surface area contributed by atoms with Crippen molar-refractivity contribution in [3.8, 4) is 0 Å². The maximum Gasteiger partial charge on any atom is 0.150 e. The van der Waals surface area contributed by atoms with Crippen LogP contribution in [0.15, 0.2) is 10.7 Å². The van der Waals surface area contributed by atoms with Gasteiger partial charge >= 0.3 is 0 Å². The zero-order valence-electron chi connectivity index (χ0n) is 9.63. The number of hydrogen-bond acceptors (Lipinski definition) is 5. The second kappa shape index (κ2) is 5.94. The molecule has 17 heavy (non-hydrogen) atoms. The molecule has 0 fully saturated rings. The number of ether oxygens (including phenoxy) is 1. The molecule has 0 aliphatic rings. The van der Waals surface area contributed by atoms with Crippen molar-refractivity contribution in [2.24, 2.45) is 0 Å². The zero-order valence-corrected chi connectivity index (χ0v) is 12.0. The van der Waals surface area contributed by atoms with Crippen LogP contribution in [-0.4, -0.2) is 49.0 Å². The Balaban J connectivity index is 2.91. The van der Waals surface area contributed by atoms with Crippen LogP contribution in [0.5, 0.6) is 0 Å². The van der Waals surface area contributed by atoms with E-state index in [2.05, 4.69) is 21.0 Å². The fourth-order valence-corrected chi connectivity index (χ4v) is 2.72. The third-order valence-corrected chi connectivity index (χ3v) is 3.65. The fraction of sp³-hybridized carbons (Fsp3) is 0.667. The molecule has 6 nitrogen and oxygen atoms in total. The van der Waals surface area contributed by atoms with E-state index in [9.17, 15) is 13.5 Å². The minimum absolute atomic E-state index is 0.329. The van der Waals surface area contributed by atoms with E-state index in [1.165, 1.54) is 10.9 Å². The van der Waals surface area contributed by atoms with E-state index >= 15 is 0 Å². The summed E-state index contributed by atoms with van der Waals surface area (Å²) in [4.78, 5) is 0. The Morgan fingerprint density at radius 3 is 2.82 bits per heavy atom. The van der Waals surface area contributed by atoms with Crippen LogP contribution in [0.1, 0.15) is 11.8 Å². The zero-order chi connectivity index (χ0) is 13.1. The van der Waals surface area contributed by atoms with Gasteiger partial charge in [0.05, 0.1) is 35.3 Å². The molecule has 1 rings (SSSR count). The number of aromatic nitrogens is 2. The second-order valence-electron chi connectivity index (χ2n) is 3.70. The number of aliphatic hydroxyl groups is 1. The topological polar surface area (TPSA) is 81.4 Å². The van der Waals surface area contributed by atoms with Gasteiger partial charge in [0, 0.05) is 13.4 Å². The molecule has 0 spiro atoms. The number of aliphatic hydroxyl groups excluding tert-OH is 1. The third-order valence-electron chi connectivity index (χ3n) is 2.12. The highest BCUT2D eigenvalue weighted by atomic mass is 79.9. The summed E-state index contributed by atoms with van der Waals surface area (Å²) in [5.41, 5.74) is 0.451. The SMILES string of the molecule is COCCn1ncc(Br)c1C(O)CS(C)(=O)=O. The number of nitrogens with zero attached hydrogens (tertiary/aromatic N) is 2. The summed E-state index contributed by atoms with van der Waals surface area (Å²) in [6.07, 6.45) is 1.51. The summed E-state index contributed by atoms with van der Waals surface area (Å²) in [7, 11) is -1.69. The molecule has 8 heteroatoms. The van der Waals surface area contributed by atoms with Crippen molar-refractivity contribution in [1.29, 1.82) is 0 Å². The average molecular weight is 327 g/mol. The van der Waals surface area contributed by atoms with E-state index in [0.29, 0.717) is 23.3 Å². The molecule has 1 N–H and O–H groups in total. The molecule has 98 valence electrons. The van der Waals surface area contributed by atoms with Crippen molar-refractivity contribution < 1.29 is 18.3 Å². The van der Waals surface area contributed by atoms with Gasteiger partial charge in [-0.1, -0.05) is 0 Å². The smallest absolute Gasteiger partial charge is 0.150 e. The lowest BCUT2D eigenvalue weighted by Crippen LogP contribution is -2.18. The molecule has 0 radical (unpaired) electrons. The van der Waals surface area contributed by atoms with Gasteiger partial charge in [0.25, 0.3) is 0 Å². The van der Waals surface area contributed by atoms with Crippen LogP contribution < -0.4 is 0 Å². The van der Waals surface area contributed by atoms with Crippen molar-refractivity contribution in [2.45, 2.75) is 12.6 Å². The van der Waals surface area contributed by atoms with Gasteiger partial charge in [0.2, 0.25) is 0 Å². The van der Waals surface area contributed by atoms with Crippen molar-refractivity contribution in [1.82, 2.24) is 9.78 Å². The van der Waals surface area contributed by atoms with Gasteiger partial charge in [0.1, 0.15) is 15.9 Å². The Labute approximate surface area is 109 Å². The Morgan fingerprint density at radius 1 is 1.65 bits per heavy atom. The number of rotatable bonds is 6. The lowest BCUT2D eigenvalue weighted by Gasteiger charge is -2.13. The van der Waals surface area contributed by atoms with Crippen molar-refractivity contribution in [2.75, 3.05) is 25.7 Å². The molecule has 1 aromatic heterocycles. The van der Waals surface area contributed by atoms with E-state index in [1.54, 1.807) is 7.11 Å². The average Bonchev–Trinajstić information content (AvgIpc) is 2.54. The van der Waals surface area contributed by atoms with Crippen LogP contribution in [-0.2, 0) is 21.1 Å². The molecule has 0 saturated heterocycles. The first kappa shape index (κ1) is 14.6. The molecular weight excluding hydrogens is 312 g/mol. The van der Waals surface area contributed by atoms with Crippen LogP contribution in [0.2, 0.25) is 0 Å². The Kier molecular flexibility index (Phi) is 5.11. The van der Waals surface area contributed by atoms with Crippen LogP contribution in [0.3, 0.4) is 0 Å². The summed E-state index contributed by atoms with van der Waals surface area (Å²) in [6, 6.07) is 0. The number of halogens is 1. The highest BCUT2D eigenvalue weighted by Gasteiger charge is 2.21. The van der Waals surface area contributed by atoms with Crippen LogP contribution in [0.25, 0.3) is 0 Å². The van der Waals surface area contributed by atoms with Crippen molar-refractivity contribution in [3.63, 3.8) is 0 Å². The fourth-order valence-electron chi connectivity index (χ4n) is 1.42. The predicted octanol–water partition coefficient (Wildman–Crippen LogP) is 0.370. The summed E-state index contributed by atoms with van der Waals surface area (Å²) in [5.74, 6) is -0.329. The van der Waals surface area contributed by atoms with E-state index in [0.717, 1.165) is 6.26 Å². The lowest BCUT2D eigenvalue weighted by atomic mass is 10.3. The second-order valence-corrected chi connectivity index (χ2v) is 6.74. The van der Waals surface area contributed by atoms with Gasteiger partial charge in [-0.25, -0.2) is 8.42 Å². The molecule has 0 saturated carbocycles. The van der Waals surface area contributed by atoms with E-state index in [4.69, 9.17) is 4.74 Å². The number of hydrogen-bond donors (Lipinski definition) is 1. The largest absolute Gasteiger partial charge is 0.386 e. The highest BCUT2D eigenvalue weighted by Crippen LogP contribution is 2.24. The number of sulfone groups is 1. The molecule has 0 aliphatic carbocycles. The maximum absolute atomic E-state index is 11.1. The highest BCUT2D eigenvalue weighted by molar-refractivity contribution is 9.10. The summed E-state index contributed by atoms with van der Waals surface area (Å²) >= 11 is 3.24. The van der Waals surface area contributed by atoms with Crippen LogP contribution >= 0.6 is 15.9 Å². The predicted molar refractivity (Wildman–Crippen MR) is 66.5 cm³/mol. The van der Waals surface area contributed by atoms with Crippen LogP contribution in [0, 0.1) is 0 Å². The summed E-state index contributed by atoms with van der Waals surface area (Å²) in [5, 5.41) is 13.9. The minimum atomic E-state index is -3.25. The molecule has 1 heterocycles. The van der Waals surface area contributed by atoms with Gasteiger partial charge in [-0.15, -0.1) is 0 Å². The standard InChI is InChI=1S/C9H15BrN2O4S/c1-16-4-3-12-9(7(10)5-11-12)8(13)6-17(2,14)15/h5,8,13H,3-4,6H2,1-2H3. The van der Waals surface area contributed by atoms with E-state index in [1.807, 2.05) is 0 Å². The lowest BCUT2D eigenvalue weighted by molar-refractivity contribution is 0.165. The first-order valence-electron chi connectivity index (χ1n) is 4.91. The van der Waals surface area contributed by atoms with Crippen LogP contribution in [0.4, 0.5) is 0 Å². The third kappa shape index (κ3) is 4.38. The van der Waals surface area contributed by atoms with Gasteiger partial charge in [-0.3, -0.25) is 4.68 Å². The Hall–Kier alpha value is -0.440. The molecule has 0 bridgehead atoms. The number of methoxy groups -OCH3 is 1. The first-order valence-corrected chi connectivity index (χ1v) is 7.76. The monoisotopic (exact) mass is 326 g/mol. The normalized spacial score (nSPS) is 13.9. The minimum Gasteiger partial charge on any atom is -0.386 e. The molecule has 1 atom stereocenters. The van der Waals surface area contributed by atoms with E-state index in [-0.39, 0.29) is 5.75 Å². The first-order chi connectivity index (χ1) is 7.85. The molecule has 0 aliphatic heterocycles. The molecule has 1 aromatic rings. The van der Waals surface area contributed by atoms with Gasteiger partial charge < -0.3 is 9.84 Å².